The van der Waals surface area contributed by atoms with Crippen LogP contribution < -0.4 is 5.32 Å². The Morgan fingerprint density at radius 2 is 1.75 bits per heavy atom. The van der Waals surface area contributed by atoms with Gasteiger partial charge in [0.05, 0.1) is 28.6 Å². The molecule has 4 rings (SSSR count). The van der Waals surface area contributed by atoms with Crippen LogP contribution in [-0.2, 0) is 0 Å². The number of benzene rings is 2. The lowest BCUT2D eigenvalue weighted by molar-refractivity contribution is 0.102. The number of amidine groups is 1. The molecule has 2 N–H and O–H groups in total. The molecule has 0 spiro atoms. The normalized spacial score (nSPS) is 14.1. The van der Waals surface area contributed by atoms with Crippen LogP contribution in [0.2, 0.25) is 0 Å². The van der Waals surface area contributed by atoms with E-state index in [4.69, 9.17) is 5.41 Å². The smallest absolute Gasteiger partial charge is 0.255 e. The van der Waals surface area contributed by atoms with Crippen molar-refractivity contribution in [2.45, 2.75) is 45.1 Å². The van der Waals surface area contributed by atoms with Gasteiger partial charge >= 0.3 is 0 Å². The average Bonchev–Trinajstić information content (AvgIpc) is 2.85. The molecule has 32 heavy (non-hydrogen) atoms. The Labute approximate surface area is 203 Å². The van der Waals surface area contributed by atoms with Crippen LogP contribution in [-0.4, -0.2) is 25.9 Å². The van der Waals surface area contributed by atoms with Gasteiger partial charge < -0.3 is 5.32 Å². The number of hydrogen-bond donors (Lipinski definition) is 2. The maximum Gasteiger partial charge on any atom is 0.255 e. The predicted molar refractivity (Wildman–Crippen MR) is 138 cm³/mol. The molecule has 6 heteroatoms. The van der Waals surface area contributed by atoms with Crippen molar-refractivity contribution in [1.82, 2.24) is 8.10 Å². The van der Waals surface area contributed by atoms with Gasteiger partial charge in [-0.05, 0) is 61.7 Å². The Hall–Kier alpha value is -2.74. The zero-order valence-electron chi connectivity index (χ0n) is 18.1. The van der Waals surface area contributed by atoms with E-state index in [0.29, 0.717) is 17.4 Å². The third-order valence-electron chi connectivity index (χ3n) is 5.97. The van der Waals surface area contributed by atoms with Crippen LogP contribution in [0.1, 0.15) is 53.6 Å². The fourth-order valence-corrected chi connectivity index (χ4v) is 4.93. The van der Waals surface area contributed by atoms with Gasteiger partial charge in [-0.3, -0.25) is 18.3 Å². The molecule has 1 aromatic heterocycles. The van der Waals surface area contributed by atoms with Gasteiger partial charge in [0.2, 0.25) is 0 Å². The summed E-state index contributed by atoms with van der Waals surface area (Å²) in [6, 6.07) is 19.4. The number of carbonyl (C=O) groups excluding carboxylic acids is 1. The Kier molecular flexibility index (Phi) is 7.19. The first-order chi connectivity index (χ1) is 15.5. The second-order valence-corrected chi connectivity index (χ2v) is 9.27. The lowest BCUT2D eigenvalue weighted by Crippen LogP contribution is -2.33. The molecule has 2 aromatic carbocycles. The molecule has 0 bridgehead atoms. The standard InChI is InChI=1S/C26H27IN4O/c1-18-10-15-21(17-23(18)24-9-5-6-16-29-24)30-26(32)20-13-11-19(12-14-20)25(28)31(27)22-7-3-2-4-8-22/h5-6,9-17,22,28H,2-4,7-8H2,1H3,(H,30,32). The SMILES string of the molecule is Cc1ccc(NC(=O)c2ccc(C(=N)N(I)C3CCCCC3)cc2)cc1-c1ccccn1. The molecule has 1 fully saturated rings. The molecule has 0 unspecified atom stereocenters. The highest BCUT2D eigenvalue weighted by Gasteiger charge is 2.22. The Morgan fingerprint density at radius 1 is 1.03 bits per heavy atom. The number of nitrogens with one attached hydrogen (secondary N) is 2. The molecule has 3 aromatic rings. The zero-order valence-corrected chi connectivity index (χ0v) is 20.3. The predicted octanol–water partition coefficient (Wildman–Crippen LogP) is 6.62. The van der Waals surface area contributed by atoms with Crippen molar-refractivity contribution in [2.75, 3.05) is 5.32 Å². The van der Waals surface area contributed by atoms with Crippen LogP contribution in [0, 0.1) is 12.3 Å². The summed E-state index contributed by atoms with van der Waals surface area (Å²) >= 11 is 2.26. The summed E-state index contributed by atoms with van der Waals surface area (Å²) in [5.41, 5.74) is 5.11. The van der Waals surface area contributed by atoms with Crippen LogP contribution in [0.5, 0.6) is 0 Å². The van der Waals surface area contributed by atoms with Crippen LogP contribution in [0.4, 0.5) is 5.69 Å². The Morgan fingerprint density at radius 3 is 2.44 bits per heavy atom. The molecular weight excluding hydrogens is 511 g/mol. The first kappa shape index (κ1) is 22.5. The quantitative estimate of drug-likeness (QED) is 0.166. The summed E-state index contributed by atoms with van der Waals surface area (Å²) in [6.07, 6.45) is 7.81. The third-order valence-corrected chi connectivity index (χ3v) is 7.24. The van der Waals surface area contributed by atoms with Gasteiger partial charge in [-0.25, -0.2) is 0 Å². The van der Waals surface area contributed by atoms with E-state index < -0.39 is 0 Å². The molecule has 1 heterocycles. The molecule has 0 saturated heterocycles. The lowest BCUT2D eigenvalue weighted by atomic mass is 9.95. The van der Waals surface area contributed by atoms with Gasteiger partial charge in [-0.1, -0.05) is 43.5 Å². The third kappa shape index (κ3) is 5.18. The van der Waals surface area contributed by atoms with Crippen molar-refractivity contribution in [1.29, 1.82) is 5.41 Å². The summed E-state index contributed by atoms with van der Waals surface area (Å²) in [7, 11) is 0. The van der Waals surface area contributed by atoms with Gasteiger partial charge in [0, 0.05) is 34.6 Å². The summed E-state index contributed by atoms with van der Waals surface area (Å²) in [6.45, 7) is 2.03. The molecule has 1 amide bonds. The van der Waals surface area contributed by atoms with Gasteiger partial charge in [0.15, 0.2) is 0 Å². The first-order valence-corrected chi connectivity index (χ1v) is 12.0. The largest absolute Gasteiger partial charge is 0.322 e. The fourth-order valence-electron chi connectivity index (χ4n) is 4.09. The van der Waals surface area contributed by atoms with Crippen molar-refractivity contribution in [3.63, 3.8) is 0 Å². The molecule has 1 aliphatic carbocycles. The number of carbonyl (C=O) groups is 1. The number of rotatable bonds is 5. The molecule has 0 atom stereocenters. The molecule has 5 nitrogen and oxygen atoms in total. The van der Waals surface area contributed by atoms with Crippen molar-refractivity contribution in [3.05, 3.63) is 83.6 Å². The summed E-state index contributed by atoms with van der Waals surface area (Å²) in [5, 5.41) is 11.6. The van der Waals surface area contributed by atoms with E-state index in [0.717, 1.165) is 40.9 Å². The number of halogens is 1. The van der Waals surface area contributed by atoms with E-state index in [-0.39, 0.29) is 5.91 Å². The van der Waals surface area contributed by atoms with Crippen molar-refractivity contribution in [2.24, 2.45) is 0 Å². The van der Waals surface area contributed by atoms with Gasteiger partial charge in [-0.2, -0.15) is 0 Å². The van der Waals surface area contributed by atoms with E-state index in [9.17, 15) is 4.79 Å². The van der Waals surface area contributed by atoms with Crippen molar-refractivity contribution >= 4 is 40.3 Å². The van der Waals surface area contributed by atoms with Crippen LogP contribution in [0.15, 0.2) is 66.9 Å². The number of amides is 1. The van der Waals surface area contributed by atoms with Gasteiger partial charge in [0.25, 0.3) is 5.91 Å². The van der Waals surface area contributed by atoms with Crippen LogP contribution >= 0.6 is 22.9 Å². The highest BCUT2D eigenvalue weighted by Crippen LogP contribution is 2.27. The number of nitrogens with zero attached hydrogens (tertiary/aromatic N) is 2. The summed E-state index contributed by atoms with van der Waals surface area (Å²) in [4.78, 5) is 17.2. The van der Waals surface area contributed by atoms with Crippen LogP contribution in [0.25, 0.3) is 11.3 Å². The molecule has 164 valence electrons. The fraction of sp³-hybridized carbons (Fsp3) is 0.269. The molecule has 0 radical (unpaired) electrons. The number of hydrogen-bond acceptors (Lipinski definition) is 3. The second-order valence-electron chi connectivity index (χ2n) is 8.23. The number of pyridine rings is 1. The Balaban J connectivity index is 1.45. The van der Waals surface area contributed by atoms with Crippen molar-refractivity contribution < 1.29 is 4.79 Å². The van der Waals surface area contributed by atoms with E-state index in [1.54, 1.807) is 18.3 Å². The molecule has 1 aliphatic rings. The Bertz CT molecular complexity index is 1090. The minimum absolute atomic E-state index is 0.169. The second kappa shape index (κ2) is 10.3. The van der Waals surface area contributed by atoms with E-state index >= 15 is 0 Å². The van der Waals surface area contributed by atoms with E-state index in [1.807, 2.05) is 55.5 Å². The minimum Gasteiger partial charge on any atom is -0.322 e. The van der Waals surface area contributed by atoms with Crippen LogP contribution in [0.3, 0.4) is 0 Å². The monoisotopic (exact) mass is 538 g/mol. The number of aryl methyl sites for hydroxylation is 1. The maximum absolute atomic E-state index is 12.8. The highest BCUT2D eigenvalue weighted by atomic mass is 127. The highest BCUT2D eigenvalue weighted by molar-refractivity contribution is 14.1. The maximum atomic E-state index is 12.8. The lowest BCUT2D eigenvalue weighted by Gasteiger charge is -2.31. The van der Waals surface area contributed by atoms with E-state index in [1.165, 1.54) is 19.3 Å². The van der Waals surface area contributed by atoms with Gasteiger partial charge in [0.1, 0.15) is 5.84 Å². The molecule has 1 saturated carbocycles. The zero-order chi connectivity index (χ0) is 22.5. The number of anilines is 1. The van der Waals surface area contributed by atoms with Gasteiger partial charge in [-0.15, -0.1) is 0 Å². The average molecular weight is 538 g/mol. The first-order valence-electron chi connectivity index (χ1n) is 11.0. The molecular formula is C26H27IN4O. The summed E-state index contributed by atoms with van der Waals surface area (Å²) in [5.74, 6) is 0.334. The molecule has 0 aliphatic heterocycles. The topological polar surface area (TPSA) is 69.1 Å². The summed E-state index contributed by atoms with van der Waals surface area (Å²) < 4.78 is 2.05. The van der Waals surface area contributed by atoms with Crippen molar-refractivity contribution in [3.8, 4) is 11.3 Å². The number of aromatic nitrogens is 1. The minimum atomic E-state index is -0.169. The van der Waals surface area contributed by atoms with E-state index in [2.05, 4.69) is 36.3 Å².